The number of hydrogen-bond donors (Lipinski definition) is 0. The largest absolute Gasteiger partial charge is 0.497 e. The van der Waals surface area contributed by atoms with Crippen LogP contribution in [0.4, 0.5) is 11.4 Å². The summed E-state index contributed by atoms with van der Waals surface area (Å²) in [6.07, 6.45) is 0.308. The predicted octanol–water partition coefficient (Wildman–Crippen LogP) is 2.79. The van der Waals surface area contributed by atoms with Crippen LogP contribution in [0.15, 0.2) is 54.6 Å². The molecule has 0 aromatic heterocycles. The van der Waals surface area contributed by atoms with E-state index in [0.29, 0.717) is 31.8 Å². The lowest BCUT2D eigenvalue weighted by Crippen LogP contribution is -2.49. The SMILES string of the molecule is COc1cccc(N(CCC(=O)N2CCN(c3ccccc3)CC2)C(C)=O)c1. The second kappa shape index (κ2) is 9.26. The van der Waals surface area contributed by atoms with Crippen LogP contribution in [0.25, 0.3) is 0 Å². The lowest BCUT2D eigenvalue weighted by atomic mass is 10.2. The Labute approximate surface area is 166 Å². The van der Waals surface area contributed by atoms with Crippen molar-refractivity contribution in [2.75, 3.05) is 49.6 Å². The van der Waals surface area contributed by atoms with E-state index in [1.807, 2.05) is 47.4 Å². The molecule has 0 N–H and O–H groups in total. The summed E-state index contributed by atoms with van der Waals surface area (Å²) < 4.78 is 5.23. The van der Waals surface area contributed by atoms with Crippen LogP contribution < -0.4 is 14.5 Å². The number of piperazine rings is 1. The van der Waals surface area contributed by atoms with Crippen LogP contribution in [0.3, 0.4) is 0 Å². The van der Waals surface area contributed by atoms with E-state index in [9.17, 15) is 9.59 Å². The third kappa shape index (κ3) is 4.82. The Morgan fingerprint density at radius 2 is 1.71 bits per heavy atom. The molecule has 0 unspecified atom stereocenters. The van der Waals surface area contributed by atoms with Gasteiger partial charge in [0.05, 0.1) is 7.11 Å². The average Bonchev–Trinajstić information content (AvgIpc) is 2.74. The highest BCUT2D eigenvalue weighted by Gasteiger charge is 2.22. The molecule has 0 radical (unpaired) electrons. The molecular weight excluding hydrogens is 354 g/mol. The van der Waals surface area contributed by atoms with Crippen molar-refractivity contribution < 1.29 is 14.3 Å². The number of methoxy groups -OCH3 is 1. The number of rotatable bonds is 6. The maximum absolute atomic E-state index is 12.7. The molecule has 0 spiro atoms. The molecule has 6 heteroatoms. The maximum atomic E-state index is 12.7. The normalized spacial score (nSPS) is 13.9. The molecule has 1 aliphatic heterocycles. The second-order valence-corrected chi connectivity index (χ2v) is 6.83. The lowest BCUT2D eigenvalue weighted by Gasteiger charge is -2.36. The van der Waals surface area contributed by atoms with Crippen LogP contribution in [0, 0.1) is 0 Å². The molecule has 1 heterocycles. The van der Waals surface area contributed by atoms with Crippen LogP contribution >= 0.6 is 0 Å². The molecule has 0 saturated carbocycles. The summed E-state index contributed by atoms with van der Waals surface area (Å²) in [5.41, 5.74) is 1.93. The molecule has 0 bridgehead atoms. The zero-order chi connectivity index (χ0) is 19.9. The zero-order valence-corrected chi connectivity index (χ0v) is 16.5. The number of anilines is 2. The average molecular weight is 381 g/mol. The van der Waals surface area contributed by atoms with Crippen molar-refractivity contribution in [2.45, 2.75) is 13.3 Å². The van der Waals surface area contributed by atoms with Gasteiger partial charge in [-0.1, -0.05) is 24.3 Å². The highest BCUT2D eigenvalue weighted by Crippen LogP contribution is 2.22. The fraction of sp³-hybridized carbons (Fsp3) is 0.364. The third-order valence-corrected chi connectivity index (χ3v) is 5.05. The lowest BCUT2D eigenvalue weighted by molar-refractivity contribution is -0.131. The number of carbonyl (C=O) groups excluding carboxylic acids is 2. The number of hydrogen-bond acceptors (Lipinski definition) is 4. The standard InChI is InChI=1S/C22H27N3O3/c1-18(26)25(20-9-6-10-21(17-20)28-2)12-11-22(27)24-15-13-23(14-16-24)19-7-4-3-5-8-19/h3-10,17H,11-16H2,1-2H3. The van der Waals surface area contributed by atoms with Gasteiger partial charge in [0.1, 0.15) is 5.75 Å². The van der Waals surface area contributed by atoms with Gasteiger partial charge >= 0.3 is 0 Å². The maximum Gasteiger partial charge on any atom is 0.224 e. The Kier molecular flexibility index (Phi) is 6.53. The summed E-state index contributed by atoms with van der Waals surface area (Å²) >= 11 is 0. The quantitative estimate of drug-likeness (QED) is 0.772. The Hall–Kier alpha value is -3.02. The molecule has 2 amide bonds. The Morgan fingerprint density at radius 3 is 2.36 bits per heavy atom. The Morgan fingerprint density at radius 1 is 1.00 bits per heavy atom. The van der Waals surface area contributed by atoms with Crippen LogP contribution in [0.1, 0.15) is 13.3 Å². The highest BCUT2D eigenvalue weighted by molar-refractivity contribution is 5.92. The van der Waals surface area contributed by atoms with Gasteiger partial charge in [0.2, 0.25) is 11.8 Å². The van der Waals surface area contributed by atoms with Gasteiger partial charge in [0.15, 0.2) is 0 Å². The van der Waals surface area contributed by atoms with Gasteiger partial charge in [0.25, 0.3) is 0 Å². The number of nitrogens with zero attached hydrogens (tertiary/aromatic N) is 3. The Balaban J connectivity index is 1.54. The molecule has 6 nitrogen and oxygen atoms in total. The van der Waals surface area contributed by atoms with Gasteiger partial charge in [-0.2, -0.15) is 0 Å². The van der Waals surface area contributed by atoms with Crippen LogP contribution in [0.5, 0.6) is 5.75 Å². The molecular formula is C22H27N3O3. The molecule has 0 atom stereocenters. The Bertz CT molecular complexity index is 802. The molecule has 1 saturated heterocycles. The minimum atomic E-state index is -0.0880. The van der Waals surface area contributed by atoms with E-state index in [0.717, 1.165) is 18.8 Å². The number of carbonyl (C=O) groups is 2. The first-order valence-corrected chi connectivity index (χ1v) is 9.58. The molecule has 1 aliphatic rings. The van der Waals surface area contributed by atoms with E-state index in [1.165, 1.54) is 12.6 Å². The minimum absolute atomic E-state index is 0.0851. The summed E-state index contributed by atoms with van der Waals surface area (Å²) in [4.78, 5) is 30.6. The topological polar surface area (TPSA) is 53.1 Å². The van der Waals surface area contributed by atoms with Crippen LogP contribution in [-0.2, 0) is 9.59 Å². The summed E-state index contributed by atoms with van der Waals surface area (Å²) in [6.45, 7) is 4.92. The van der Waals surface area contributed by atoms with Crippen molar-refractivity contribution in [2.24, 2.45) is 0 Å². The predicted molar refractivity (Wildman–Crippen MR) is 111 cm³/mol. The summed E-state index contributed by atoms with van der Waals surface area (Å²) in [6, 6.07) is 17.6. The first kappa shape index (κ1) is 19.7. The molecule has 28 heavy (non-hydrogen) atoms. The van der Waals surface area contributed by atoms with Crippen molar-refractivity contribution in [3.05, 3.63) is 54.6 Å². The summed E-state index contributed by atoms with van der Waals surface area (Å²) in [7, 11) is 1.59. The van der Waals surface area contributed by atoms with E-state index in [4.69, 9.17) is 4.74 Å². The van der Waals surface area contributed by atoms with Crippen LogP contribution in [0.2, 0.25) is 0 Å². The van der Waals surface area contributed by atoms with E-state index in [1.54, 1.807) is 12.0 Å². The van der Waals surface area contributed by atoms with Crippen molar-refractivity contribution >= 4 is 23.2 Å². The van der Waals surface area contributed by atoms with Crippen molar-refractivity contribution in [1.29, 1.82) is 0 Å². The molecule has 2 aromatic carbocycles. The zero-order valence-electron chi connectivity index (χ0n) is 16.5. The number of amides is 2. The number of ether oxygens (including phenoxy) is 1. The van der Waals surface area contributed by atoms with Gasteiger partial charge in [-0.25, -0.2) is 0 Å². The van der Waals surface area contributed by atoms with Gasteiger partial charge < -0.3 is 19.4 Å². The smallest absolute Gasteiger partial charge is 0.224 e. The molecule has 1 fully saturated rings. The molecule has 3 rings (SSSR count). The number of para-hydroxylation sites is 1. The third-order valence-electron chi connectivity index (χ3n) is 5.05. The van der Waals surface area contributed by atoms with Gasteiger partial charge in [-0.3, -0.25) is 9.59 Å². The van der Waals surface area contributed by atoms with Crippen molar-refractivity contribution in [1.82, 2.24) is 4.90 Å². The first-order chi connectivity index (χ1) is 13.6. The second-order valence-electron chi connectivity index (χ2n) is 6.83. The monoisotopic (exact) mass is 381 g/mol. The summed E-state index contributed by atoms with van der Waals surface area (Å²) in [5.74, 6) is 0.684. The molecule has 2 aromatic rings. The van der Waals surface area contributed by atoms with Gasteiger partial charge in [-0.15, -0.1) is 0 Å². The van der Waals surface area contributed by atoms with Gasteiger partial charge in [0, 0.05) is 63.5 Å². The van der Waals surface area contributed by atoms with E-state index >= 15 is 0 Å². The first-order valence-electron chi connectivity index (χ1n) is 9.58. The van der Waals surface area contributed by atoms with Gasteiger partial charge in [-0.05, 0) is 24.3 Å². The fourth-order valence-electron chi connectivity index (χ4n) is 3.47. The van der Waals surface area contributed by atoms with Crippen molar-refractivity contribution in [3.63, 3.8) is 0 Å². The van der Waals surface area contributed by atoms with E-state index in [-0.39, 0.29) is 11.8 Å². The molecule has 148 valence electrons. The fourth-order valence-corrected chi connectivity index (χ4v) is 3.47. The van der Waals surface area contributed by atoms with Crippen LogP contribution in [-0.4, -0.2) is 56.5 Å². The molecule has 0 aliphatic carbocycles. The minimum Gasteiger partial charge on any atom is -0.497 e. The summed E-state index contributed by atoms with van der Waals surface area (Å²) in [5, 5.41) is 0. The number of benzene rings is 2. The van der Waals surface area contributed by atoms with E-state index in [2.05, 4.69) is 17.0 Å². The van der Waals surface area contributed by atoms with E-state index < -0.39 is 0 Å². The van der Waals surface area contributed by atoms with Crippen molar-refractivity contribution in [3.8, 4) is 5.75 Å². The highest BCUT2D eigenvalue weighted by atomic mass is 16.5.